The molecule has 7 nitrogen and oxygen atoms in total. The first-order valence-corrected chi connectivity index (χ1v) is 19.3. The molecule has 3 atom stereocenters. The van der Waals surface area contributed by atoms with Crippen molar-refractivity contribution in [2.45, 2.75) is 75.8 Å². The number of fused-ring (bicyclic) bond motifs is 2. The lowest BCUT2D eigenvalue weighted by Gasteiger charge is -2.37. The first-order chi connectivity index (χ1) is 25.4. The second-order valence-corrected chi connectivity index (χ2v) is 15.2. The van der Waals surface area contributed by atoms with E-state index in [4.69, 9.17) is 0 Å². The van der Waals surface area contributed by atoms with Crippen molar-refractivity contribution in [2.75, 3.05) is 37.6 Å². The Morgan fingerprint density at radius 2 is 1.58 bits per heavy atom. The summed E-state index contributed by atoms with van der Waals surface area (Å²) in [6, 6.07) is 32.0. The van der Waals surface area contributed by atoms with Gasteiger partial charge >= 0.3 is 0 Å². The summed E-state index contributed by atoms with van der Waals surface area (Å²) < 4.78 is 0. The molecule has 0 saturated carbocycles. The molecule has 268 valence electrons. The zero-order valence-corrected chi connectivity index (χ0v) is 30.1. The van der Waals surface area contributed by atoms with E-state index in [9.17, 15) is 14.7 Å². The molecule has 3 aliphatic heterocycles. The molecule has 4 aliphatic rings. The van der Waals surface area contributed by atoms with Gasteiger partial charge in [-0.1, -0.05) is 73.7 Å². The van der Waals surface area contributed by atoms with Crippen LogP contribution >= 0.6 is 0 Å². The number of carbonyl (C=O) groups excluding carboxylic acids is 2. The van der Waals surface area contributed by atoms with E-state index in [1.165, 1.54) is 46.3 Å². The molecule has 2 N–H and O–H groups in total. The van der Waals surface area contributed by atoms with Crippen LogP contribution in [0.15, 0.2) is 103 Å². The zero-order chi connectivity index (χ0) is 35.6. The van der Waals surface area contributed by atoms with Crippen LogP contribution in [0, 0.1) is 0 Å². The number of aromatic hydroxyl groups is 1. The number of nitrogens with one attached hydrogen (secondary N) is 1. The quantitative estimate of drug-likeness (QED) is 0.168. The third kappa shape index (κ3) is 7.11. The van der Waals surface area contributed by atoms with Crippen LogP contribution in [0.3, 0.4) is 0 Å². The van der Waals surface area contributed by atoms with Crippen LogP contribution in [-0.4, -0.2) is 65.5 Å². The number of phenolic OH excluding ortho intramolecular Hbond substituents is 1. The molecule has 1 unspecified atom stereocenters. The number of hydrogen-bond acceptors (Lipinski definition) is 5. The van der Waals surface area contributed by atoms with Gasteiger partial charge in [-0.05, 0) is 121 Å². The summed E-state index contributed by atoms with van der Waals surface area (Å²) >= 11 is 0. The van der Waals surface area contributed by atoms with E-state index in [-0.39, 0.29) is 17.7 Å². The van der Waals surface area contributed by atoms with Gasteiger partial charge < -0.3 is 20.2 Å². The Kier molecular flexibility index (Phi) is 9.87. The number of rotatable bonds is 10. The maximum atomic E-state index is 13.1. The number of benzene rings is 4. The number of phenols is 1. The Hall–Kier alpha value is -4.88. The Morgan fingerprint density at radius 3 is 2.37 bits per heavy atom. The highest BCUT2D eigenvalue weighted by Crippen LogP contribution is 2.47. The third-order valence-electron chi connectivity index (χ3n) is 11.9. The molecule has 2 fully saturated rings. The fourth-order valence-corrected chi connectivity index (χ4v) is 9.10. The minimum Gasteiger partial charge on any atom is -0.508 e. The van der Waals surface area contributed by atoms with Gasteiger partial charge in [0.25, 0.3) is 5.91 Å². The van der Waals surface area contributed by atoms with Crippen molar-refractivity contribution >= 4 is 17.5 Å². The monoisotopic (exact) mass is 694 g/mol. The molecular weight excluding hydrogens is 645 g/mol. The van der Waals surface area contributed by atoms with Gasteiger partial charge in [0, 0.05) is 55.6 Å². The lowest BCUT2D eigenvalue weighted by molar-refractivity contribution is -0.126. The number of unbranched alkanes of at least 4 members (excludes halogenated alkanes) is 2. The average Bonchev–Trinajstić information content (AvgIpc) is 3.49. The van der Waals surface area contributed by atoms with Gasteiger partial charge in [-0.3, -0.25) is 14.5 Å². The number of amides is 2. The van der Waals surface area contributed by atoms with Crippen molar-refractivity contribution in [3.63, 3.8) is 0 Å². The van der Waals surface area contributed by atoms with E-state index in [0.717, 1.165) is 75.2 Å². The molecule has 4 aromatic carbocycles. The first kappa shape index (κ1) is 34.2. The zero-order valence-electron chi connectivity index (χ0n) is 30.1. The lowest BCUT2D eigenvalue weighted by atomic mass is 9.69. The predicted octanol–water partition coefficient (Wildman–Crippen LogP) is 7.54. The van der Waals surface area contributed by atoms with E-state index in [0.29, 0.717) is 31.1 Å². The number of allylic oxidation sites excluding steroid dienone is 1. The maximum absolute atomic E-state index is 13.1. The number of piperazine rings is 1. The molecule has 8 rings (SSSR count). The van der Waals surface area contributed by atoms with Crippen LogP contribution < -0.4 is 10.2 Å². The van der Waals surface area contributed by atoms with Crippen molar-refractivity contribution < 1.29 is 14.7 Å². The minimum absolute atomic E-state index is 0.0311. The van der Waals surface area contributed by atoms with Crippen LogP contribution in [0.2, 0.25) is 0 Å². The molecule has 0 bridgehead atoms. The Morgan fingerprint density at radius 1 is 0.769 bits per heavy atom. The van der Waals surface area contributed by atoms with E-state index in [1.807, 2.05) is 18.2 Å². The molecule has 52 heavy (non-hydrogen) atoms. The smallest absolute Gasteiger partial charge is 0.255 e. The number of nitrogens with zero attached hydrogens (tertiary/aromatic N) is 3. The maximum Gasteiger partial charge on any atom is 0.255 e. The standard InChI is InChI=1S/C45H50N4O3/c1-31-11-22-42(44(51)46-31)49-30-36-28-32(12-19-41(36)45(49)52)8-4-3-7-23-47-24-26-48(27-25-47)37-16-13-34(14-17-37)43-39(33-9-5-2-6-10-33)20-15-35-29-38(50)18-21-40(35)43/h2,5-6,9-10,12-14,16-19,21,28-29,39,42-43,50H,1,3-4,7-8,11,15,20,22-27,30H2,(H,46,51)/t39-,42?,43+/m0/s1. The first-order valence-electron chi connectivity index (χ1n) is 19.3. The molecule has 1 aliphatic carbocycles. The molecule has 7 heteroatoms. The van der Waals surface area contributed by atoms with Crippen LogP contribution in [0.25, 0.3) is 0 Å². The van der Waals surface area contributed by atoms with Gasteiger partial charge in [-0.25, -0.2) is 0 Å². The highest BCUT2D eigenvalue weighted by atomic mass is 16.3. The normalized spacial score (nSPS) is 21.9. The molecule has 0 radical (unpaired) electrons. The summed E-state index contributed by atoms with van der Waals surface area (Å²) in [5.74, 6) is 0.892. The summed E-state index contributed by atoms with van der Waals surface area (Å²) in [6.07, 6.45) is 7.93. The molecule has 2 saturated heterocycles. The predicted molar refractivity (Wildman–Crippen MR) is 207 cm³/mol. The van der Waals surface area contributed by atoms with Gasteiger partial charge in [-0.15, -0.1) is 0 Å². The molecule has 2 amide bonds. The Labute approximate surface area is 308 Å². The second-order valence-electron chi connectivity index (χ2n) is 15.2. The van der Waals surface area contributed by atoms with Crippen molar-refractivity contribution in [3.8, 4) is 5.75 Å². The van der Waals surface area contributed by atoms with E-state index in [2.05, 4.69) is 94.5 Å². The molecule has 0 aromatic heterocycles. The molecule has 4 aromatic rings. The van der Waals surface area contributed by atoms with Crippen LogP contribution in [0.4, 0.5) is 5.69 Å². The van der Waals surface area contributed by atoms with Gasteiger partial charge in [0.1, 0.15) is 11.8 Å². The molecular formula is C45H50N4O3. The van der Waals surface area contributed by atoms with E-state index in [1.54, 1.807) is 4.90 Å². The number of hydrogen-bond donors (Lipinski definition) is 2. The molecule has 3 heterocycles. The summed E-state index contributed by atoms with van der Waals surface area (Å²) in [4.78, 5) is 32.5. The summed E-state index contributed by atoms with van der Waals surface area (Å²) in [5, 5.41) is 13.0. The number of aryl methyl sites for hydroxylation is 2. The van der Waals surface area contributed by atoms with Gasteiger partial charge in [-0.2, -0.15) is 0 Å². The fraction of sp³-hybridized carbons (Fsp3) is 0.378. The minimum atomic E-state index is -0.410. The Bertz CT molecular complexity index is 1930. The number of carbonyl (C=O) groups is 2. The van der Waals surface area contributed by atoms with E-state index < -0.39 is 6.04 Å². The van der Waals surface area contributed by atoms with Crippen molar-refractivity contribution in [2.24, 2.45) is 0 Å². The van der Waals surface area contributed by atoms with Crippen LogP contribution in [0.1, 0.15) is 94.1 Å². The average molecular weight is 695 g/mol. The summed E-state index contributed by atoms with van der Waals surface area (Å²) in [5.41, 5.74) is 10.4. The van der Waals surface area contributed by atoms with Crippen LogP contribution in [-0.2, 0) is 24.2 Å². The highest BCUT2D eigenvalue weighted by Gasteiger charge is 2.38. The SMILES string of the molecule is C=C1CCC(N2Cc3cc(CCCCCN4CCN(c5ccc([C@H]6c7ccc(O)cc7CC[C@H]6c6ccccc6)cc5)CC4)ccc3C2=O)C(=O)N1. The topological polar surface area (TPSA) is 76.1 Å². The van der Waals surface area contributed by atoms with Crippen molar-refractivity contribution in [1.82, 2.24) is 15.1 Å². The van der Waals surface area contributed by atoms with Crippen LogP contribution in [0.5, 0.6) is 5.75 Å². The second kappa shape index (κ2) is 15.0. The van der Waals surface area contributed by atoms with Crippen molar-refractivity contribution in [3.05, 3.63) is 142 Å². The molecule has 0 spiro atoms. The third-order valence-corrected chi connectivity index (χ3v) is 11.9. The largest absolute Gasteiger partial charge is 0.508 e. The summed E-state index contributed by atoms with van der Waals surface area (Å²) in [6.45, 7) is 9.76. The van der Waals surface area contributed by atoms with Crippen molar-refractivity contribution in [1.29, 1.82) is 0 Å². The van der Waals surface area contributed by atoms with Gasteiger partial charge in [0.15, 0.2) is 0 Å². The highest BCUT2D eigenvalue weighted by molar-refractivity contribution is 6.01. The Balaban J connectivity index is 0.803. The lowest BCUT2D eigenvalue weighted by Crippen LogP contribution is -2.49. The number of piperidine rings is 1. The summed E-state index contributed by atoms with van der Waals surface area (Å²) in [7, 11) is 0. The fourth-order valence-electron chi connectivity index (χ4n) is 9.10. The van der Waals surface area contributed by atoms with Gasteiger partial charge in [0.05, 0.1) is 0 Å². The van der Waals surface area contributed by atoms with Gasteiger partial charge in [0.2, 0.25) is 5.91 Å². The number of anilines is 1. The van der Waals surface area contributed by atoms with E-state index >= 15 is 0 Å².